The minimum Gasteiger partial charge on any atom is -0.434 e. The van der Waals surface area contributed by atoms with Crippen LogP contribution in [0, 0.1) is 0 Å². The molecule has 1 heterocycles. The highest BCUT2D eigenvalue weighted by atomic mass is 16.7. The van der Waals surface area contributed by atoms with Crippen molar-refractivity contribution in [1.82, 2.24) is 9.78 Å². The fourth-order valence-electron chi connectivity index (χ4n) is 1.60. The Bertz CT molecular complexity index is 634. The number of carbonyl (C=O) groups is 2. The van der Waals surface area contributed by atoms with Gasteiger partial charge in [-0.15, -0.1) is 0 Å². The first kappa shape index (κ1) is 14.6. The van der Waals surface area contributed by atoms with Gasteiger partial charge in [0.2, 0.25) is 0 Å². The summed E-state index contributed by atoms with van der Waals surface area (Å²) >= 11 is 0. The Balaban J connectivity index is 2.00. The van der Waals surface area contributed by atoms with Gasteiger partial charge in [0.1, 0.15) is 11.6 Å². The van der Waals surface area contributed by atoms with Gasteiger partial charge in [-0.3, -0.25) is 9.48 Å². The molecule has 0 fully saturated rings. The van der Waals surface area contributed by atoms with Gasteiger partial charge in [0.05, 0.1) is 12.8 Å². The van der Waals surface area contributed by atoms with E-state index in [4.69, 9.17) is 4.74 Å². The van der Waals surface area contributed by atoms with E-state index in [0.717, 1.165) is 0 Å². The molecule has 0 saturated heterocycles. The van der Waals surface area contributed by atoms with Gasteiger partial charge in [0.15, 0.2) is 0 Å². The van der Waals surface area contributed by atoms with E-state index in [1.54, 1.807) is 43.0 Å². The van der Waals surface area contributed by atoms with E-state index in [9.17, 15) is 9.59 Å². The highest BCUT2D eigenvalue weighted by Gasteiger charge is 2.10. The van der Waals surface area contributed by atoms with Gasteiger partial charge in [-0.2, -0.15) is 5.10 Å². The van der Waals surface area contributed by atoms with E-state index in [2.05, 4.69) is 15.2 Å². The summed E-state index contributed by atoms with van der Waals surface area (Å²) in [4.78, 5) is 23.2. The van der Waals surface area contributed by atoms with Crippen LogP contribution in [0.15, 0.2) is 36.5 Å². The minimum atomic E-state index is -0.774. The molecule has 1 N–H and O–H groups in total. The smallest absolute Gasteiger partial charge is 0.434 e. The second-order valence-electron chi connectivity index (χ2n) is 4.10. The van der Waals surface area contributed by atoms with Crippen LogP contribution in [0.5, 0.6) is 5.75 Å². The van der Waals surface area contributed by atoms with Crippen LogP contribution in [0.1, 0.15) is 17.3 Å². The van der Waals surface area contributed by atoms with E-state index in [1.165, 1.54) is 12.1 Å². The molecule has 2 rings (SSSR count). The molecule has 0 bridgehead atoms. The third-order valence-corrected chi connectivity index (χ3v) is 2.64. The zero-order chi connectivity index (χ0) is 15.2. The average molecular weight is 289 g/mol. The van der Waals surface area contributed by atoms with Crippen LogP contribution in [0.4, 0.5) is 10.6 Å². The number of hydrogen-bond donors (Lipinski definition) is 1. The summed E-state index contributed by atoms with van der Waals surface area (Å²) in [5.74, 6) is 0.624. The molecule has 0 aliphatic rings. The zero-order valence-corrected chi connectivity index (χ0v) is 11.7. The van der Waals surface area contributed by atoms with E-state index < -0.39 is 6.16 Å². The van der Waals surface area contributed by atoms with Crippen LogP contribution in [0.2, 0.25) is 0 Å². The van der Waals surface area contributed by atoms with E-state index in [0.29, 0.717) is 17.1 Å². The van der Waals surface area contributed by atoms with Gasteiger partial charge < -0.3 is 14.8 Å². The minimum absolute atomic E-state index is 0.240. The Morgan fingerprint density at radius 3 is 2.52 bits per heavy atom. The predicted octanol–water partition coefficient (Wildman–Crippen LogP) is 2.21. The largest absolute Gasteiger partial charge is 0.513 e. The maximum Gasteiger partial charge on any atom is 0.513 e. The number of rotatable bonds is 4. The van der Waals surface area contributed by atoms with E-state index in [-0.39, 0.29) is 12.5 Å². The Labute approximate surface area is 121 Å². The van der Waals surface area contributed by atoms with Crippen molar-refractivity contribution in [1.29, 1.82) is 0 Å². The molecular weight excluding hydrogens is 274 g/mol. The molecule has 7 nitrogen and oxygen atoms in total. The Kier molecular flexibility index (Phi) is 4.55. The van der Waals surface area contributed by atoms with Crippen molar-refractivity contribution in [3.8, 4) is 5.75 Å². The lowest BCUT2D eigenvalue weighted by molar-refractivity contribution is 0.102. The number of nitrogens with one attached hydrogen (secondary N) is 1. The number of ether oxygens (including phenoxy) is 2. The summed E-state index contributed by atoms with van der Waals surface area (Å²) < 4.78 is 11.1. The van der Waals surface area contributed by atoms with Gasteiger partial charge in [-0.05, 0) is 31.2 Å². The lowest BCUT2D eigenvalue weighted by atomic mass is 10.2. The number of aromatic nitrogens is 2. The second kappa shape index (κ2) is 6.56. The molecule has 7 heteroatoms. The maximum atomic E-state index is 12.0. The fraction of sp³-hybridized carbons (Fsp3) is 0.214. The van der Waals surface area contributed by atoms with E-state index >= 15 is 0 Å². The highest BCUT2D eigenvalue weighted by molar-refractivity contribution is 6.03. The molecule has 1 aromatic heterocycles. The van der Waals surface area contributed by atoms with Crippen LogP contribution in [0.25, 0.3) is 0 Å². The Morgan fingerprint density at radius 1 is 1.24 bits per heavy atom. The zero-order valence-electron chi connectivity index (χ0n) is 11.7. The number of amides is 1. The molecule has 1 aromatic carbocycles. The first-order valence-corrected chi connectivity index (χ1v) is 6.34. The summed E-state index contributed by atoms with van der Waals surface area (Å²) in [5.41, 5.74) is 0.437. The van der Waals surface area contributed by atoms with Crippen molar-refractivity contribution in [2.75, 3.05) is 11.9 Å². The summed E-state index contributed by atoms with van der Waals surface area (Å²) in [7, 11) is 1.73. The molecule has 0 aliphatic carbocycles. The van der Waals surface area contributed by atoms with Crippen molar-refractivity contribution in [3.05, 3.63) is 42.1 Å². The lowest BCUT2D eigenvalue weighted by Crippen LogP contribution is -2.14. The molecule has 2 aromatic rings. The van der Waals surface area contributed by atoms with Gasteiger partial charge >= 0.3 is 6.16 Å². The van der Waals surface area contributed by atoms with Crippen LogP contribution in [-0.4, -0.2) is 28.4 Å². The third-order valence-electron chi connectivity index (χ3n) is 2.64. The third kappa shape index (κ3) is 3.82. The number of nitrogens with zero attached hydrogens (tertiary/aromatic N) is 2. The topological polar surface area (TPSA) is 82.4 Å². The summed E-state index contributed by atoms with van der Waals surface area (Å²) in [5, 5.41) is 6.67. The number of carbonyl (C=O) groups excluding carboxylic acids is 2. The highest BCUT2D eigenvalue weighted by Crippen LogP contribution is 2.14. The second-order valence-corrected chi connectivity index (χ2v) is 4.10. The van der Waals surface area contributed by atoms with Crippen molar-refractivity contribution in [2.45, 2.75) is 6.92 Å². The van der Waals surface area contributed by atoms with Crippen molar-refractivity contribution >= 4 is 17.9 Å². The van der Waals surface area contributed by atoms with Crippen molar-refractivity contribution in [3.63, 3.8) is 0 Å². The standard InChI is InChI=1S/C14H15N3O4/c1-3-20-14(19)21-11-6-4-10(5-7-11)13(18)16-12-8-9-15-17(12)2/h4-9H,3H2,1-2H3,(H,16,18). The van der Waals surface area contributed by atoms with Gasteiger partial charge in [0, 0.05) is 18.7 Å². The van der Waals surface area contributed by atoms with Gasteiger partial charge in [-0.25, -0.2) is 4.79 Å². The van der Waals surface area contributed by atoms with Crippen molar-refractivity contribution in [2.24, 2.45) is 7.05 Å². The van der Waals surface area contributed by atoms with Crippen LogP contribution >= 0.6 is 0 Å². The van der Waals surface area contributed by atoms with Crippen LogP contribution < -0.4 is 10.1 Å². The fourth-order valence-corrected chi connectivity index (χ4v) is 1.60. The average Bonchev–Trinajstić information content (AvgIpc) is 2.85. The molecule has 0 unspecified atom stereocenters. The lowest BCUT2D eigenvalue weighted by Gasteiger charge is -2.07. The quantitative estimate of drug-likeness (QED) is 0.689. The SMILES string of the molecule is CCOC(=O)Oc1ccc(C(=O)Nc2ccnn2C)cc1. The normalized spacial score (nSPS) is 10.0. The summed E-state index contributed by atoms with van der Waals surface area (Å²) in [6.45, 7) is 1.93. The number of aryl methyl sites for hydroxylation is 1. The number of benzene rings is 1. The molecule has 0 spiro atoms. The molecule has 1 amide bonds. The number of hydrogen-bond acceptors (Lipinski definition) is 5. The first-order valence-electron chi connectivity index (χ1n) is 6.34. The van der Waals surface area contributed by atoms with Crippen LogP contribution in [-0.2, 0) is 11.8 Å². The predicted molar refractivity (Wildman–Crippen MR) is 75.3 cm³/mol. The Hall–Kier alpha value is -2.83. The van der Waals surface area contributed by atoms with E-state index in [1.807, 2.05) is 0 Å². The summed E-state index contributed by atoms with van der Waals surface area (Å²) in [6.07, 6.45) is 0.816. The summed E-state index contributed by atoms with van der Waals surface area (Å²) in [6, 6.07) is 7.85. The van der Waals surface area contributed by atoms with Crippen molar-refractivity contribution < 1.29 is 19.1 Å². The Morgan fingerprint density at radius 2 is 1.95 bits per heavy atom. The molecule has 110 valence electrons. The molecule has 0 radical (unpaired) electrons. The van der Waals surface area contributed by atoms with Crippen LogP contribution in [0.3, 0.4) is 0 Å². The first-order chi connectivity index (χ1) is 10.1. The number of anilines is 1. The molecule has 0 saturated carbocycles. The van der Waals surface area contributed by atoms with Gasteiger partial charge in [0.25, 0.3) is 5.91 Å². The molecule has 0 aliphatic heterocycles. The monoisotopic (exact) mass is 289 g/mol. The molecule has 21 heavy (non-hydrogen) atoms. The molecular formula is C14H15N3O4. The maximum absolute atomic E-state index is 12.0. The van der Waals surface area contributed by atoms with Gasteiger partial charge in [-0.1, -0.05) is 0 Å². The molecule has 0 atom stereocenters.